The lowest BCUT2D eigenvalue weighted by atomic mass is 9.99. The van der Waals surface area contributed by atoms with E-state index in [9.17, 15) is 33.6 Å². The monoisotopic (exact) mass is 442 g/mol. The first-order chi connectivity index (χ1) is 14.7. The van der Waals surface area contributed by atoms with Crippen LogP contribution in [0.15, 0.2) is 24.3 Å². The van der Waals surface area contributed by atoms with E-state index in [1.165, 1.54) is 0 Å². The Balaban J connectivity index is 1.83. The van der Waals surface area contributed by atoms with Crippen molar-refractivity contribution in [3.05, 3.63) is 46.6 Å². The standard InChI is InChI=1S/C20H21F3N2O6/c1-2-10-3-5-11(6-4-10)7-8-12-17(20(21,22)23)24-25-18(12)31-19-16(29)15(28)14(27)13(9-26)30-19/h1,3-6,13-16,19,26-29H,7-9H2,(H,24,25)/t13-,14-,15+,16-,19-/m1/s1. The van der Waals surface area contributed by atoms with Gasteiger partial charge in [0.15, 0.2) is 0 Å². The van der Waals surface area contributed by atoms with Gasteiger partial charge in [-0.05, 0) is 30.5 Å². The van der Waals surface area contributed by atoms with Crippen LogP contribution in [0.5, 0.6) is 5.88 Å². The molecule has 2 aromatic rings. The van der Waals surface area contributed by atoms with Crippen LogP contribution in [0.25, 0.3) is 0 Å². The van der Waals surface area contributed by atoms with E-state index in [4.69, 9.17) is 15.9 Å². The first-order valence-corrected chi connectivity index (χ1v) is 9.32. The molecule has 1 aliphatic heterocycles. The van der Waals surface area contributed by atoms with Gasteiger partial charge in [-0.3, -0.25) is 5.10 Å². The highest BCUT2D eigenvalue weighted by atomic mass is 19.4. The molecule has 31 heavy (non-hydrogen) atoms. The number of aliphatic hydroxyl groups is 4. The minimum atomic E-state index is -4.74. The molecule has 0 saturated carbocycles. The lowest BCUT2D eigenvalue weighted by Gasteiger charge is -2.39. The van der Waals surface area contributed by atoms with Crippen LogP contribution in [0.1, 0.15) is 22.4 Å². The van der Waals surface area contributed by atoms with E-state index < -0.39 is 55.1 Å². The van der Waals surface area contributed by atoms with E-state index in [2.05, 4.69) is 11.0 Å². The van der Waals surface area contributed by atoms with E-state index in [1.54, 1.807) is 24.3 Å². The molecule has 0 aliphatic carbocycles. The minimum Gasteiger partial charge on any atom is -0.443 e. The molecule has 8 nitrogen and oxygen atoms in total. The molecule has 3 rings (SSSR count). The number of aromatic amines is 1. The van der Waals surface area contributed by atoms with Crippen molar-refractivity contribution in [1.82, 2.24) is 10.2 Å². The van der Waals surface area contributed by atoms with Gasteiger partial charge in [0.25, 0.3) is 0 Å². The highest BCUT2D eigenvalue weighted by molar-refractivity contribution is 5.36. The molecule has 0 spiro atoms. The topological polar surface area (TPSA) is 128 Å². The van der Waals surface area contributed by atoms with E-state index in [0.717, 1.165) is 5.56 Å². The predicted molar refractivity (Wildman–Crippen MR) is 99.8 cm³/mol. The number of terminal acetylenes is 1. The molecule has 0 unspecified atom stereocenters. The number of aryl methyl sites for hydroxylation is 1. The van der Waals surface area contributed by atoms with Gasteiger partial charge in [-0.25, -0.2) is 0 Å². The third-order valence-electron chi connectivity index (χ3n) is 4.97. The lowest BCUT2D eigenvalue weighted by molar-refractivity contribution is -0.278. The highest BCUT2D eigenvalue weighted by Crippen LogP contribution is 2.36. The third kappa shape index (κ3) is 5.00. The zero-order chi connectivity index (χ0) is 22.8. The molecule has 1 fully saturated rings. The Kier molecular flexibility index (Phi) is 6.88. The van der Waals surface area contributed by atoms with Crippen LogP contribution >= 0.6 is 0 Å². The van der Waals surface area contributed by atoms with Crippen molar-refractivity contribution in [2.24, 2.45) is 0 Å². The van der Waals surface area contributed by atoms with Gasteiger partial charge < -0.3 is 29.9 Å². The maximum absolute atomic E-state index is 13.4. The van der Waals surface area contributed by atoms with Crippen LogP contribution in [0, 0.1) is 12.3 Å². The Bertz CT molecular complexity index is 922. The molecule has 1 aromatic carbocycles. The molecule has 2 heterocycles. The molecular formula is C20H21F3N2O6. The Morgan fingerprint density at radius 3 is 2.35 bits per heavy atom. The number of aromatic nitrogens is 2. The van der Waals surface area contributed by atoms with Crippen molar-refractivity contribution in [2.75, 3.05) is 6.61 Å². The fraction of sp³-hybridized carbons (Fsp3) is 0.450. The molecular weight excluding hydrogens is 421 g/mol. The average Bonchev–Trinajstić information content (AvgIpc) is 3.16. The number of nitrogens with zero attached hydrogens (tertiary/aromatic N) is 1. The Morgan fingerprint density at radius 2 is 1.77 bits per heavy atom. The van der Waals surface area contributed by atoms with Crippen molar-refractivity contribution < 1.29 is 43.1 Å². The summed E-state index contributed by atoms with van der Waals surface area (Å²) in [4.78, 5) is 0. The largest absolute Gasteiger partial charge is 0.443 e. The molecule has 0 amide bonds. The van der Waals surface area contributed by atoms with Gasteiger partial charge >= 0.3 is 6.18 Å². The van der Waals surface area contributed by atoms with Crippen molar-refractivity contribution in [3.8, 4) is 18.2 Å². The molecule has 0 bridgehead atoms. The predicted octanol–water partition coefficient (Wildman–Crippen LogP) is 0.374. The number of hydrogen-bond donors (Lipinski definition) is 5. The van der Waals surface area contributed by atoms with Crippen molar-refractivity contribution in [2.45, 2.75) is 49.7 Å². The van der Waals surface area contributed by atoms with E-state index >= 15 is 0 Å². The number of nitrogens with one attached hydrogen (secondary N) is 1. The van der Waals surface area contributed by atoms with Crippen LogP contribution in [-0.4, -0.2) is 67.9 Å². The minimum absolute atomic E-state index is 0.118. The van der Waals surface area contributed by atoms with Gasteiger partial charge in [-0.1, -0.05) is 18.1 Å². The zero-order valence-corrected chi connectivity index (χ0v) is 16.1. The summed E-state index contributed by atoms with van der Waals surface area (Å²) in [6.07, 6.45) is -7.45. The smallest absolute Gasteiger partial charge is 0.433 e. The molecule has 0 radical (unpaired) electrons. The number of rotatable bonds is 6. The van der Waals surface area contributed by atoms with Gasteiger partial charge in [0, 0.05) is 11.1 Å². The van der Waals surface area contributed by atoms with E-state index in [1.807, 2.05) is 5.10 Å². The quantitative estimate of drug-likeness (QED) is 0.409. The molecule has 5 N–H and O–H groups in total. The van der Waals surface area contributed by atoms with Crippen molar-refractivity contribution in [3.63, 3.8) is 0 Å². The number of halogens is 3. The molecule has 1 aromatic heterocycles. The van der Waals surface area contributed by atoms with Crippen LogP contribution in [0.3, 0.4) is 0 Å². The van der Waals surface area contributed by atoms with Crippen LogP contribution < -0.4 is 4.74 Å². The zero-order valence-electron chi connectivity index (χ0n) is 16.1. The number of H-pyrrole nitrogens is 1. The maximum atomic E-state index is 13.4. The van der Waals surface area contributed by atoms with Gasteiger partial charge in [-0.15, -0.1) is 11.5 Å². The molecule has 11 heteroatoms. The van der Waals surface area contributed by atoms with Crippen LogP contribution in [-0.2, 0) is 23.8 Å². The fourth-order valence-corrected chi connectivity index (χ4v) is 3.22. The maximum Gasteiger partial charge on any atom is 0.433 e. The van der Waals surface area contributed by atoms with E-state index in [0.29, 0.717) is 5.56 Å². The normalized spacial score (nSPS) is 26.5. The SMILES string of the molecule is C#Cc1ccc(CCc2c(O[C@H]3O[C@H](CO)[C@@H](O)[C@H](O)[C@H]3O)n[nH]c2C(F)(F)F)cc1. The summed E-state index contributed by atoms with van der Waals surface area (Å²) < 4.78 is 50.8. The second kappa shape index (κ2) is 9.25. The summed E-state index contributed by atoms with van der Waals surface area (Å²) in [6.45, 7) is -0.709. The molecule has 5 atom stereocenters. The fourth-order valence-electron chi connectivity index (χ4n) is 3.22. The number of ether oxygens (including phenoxy) is 2. The molecule has 1 saturated heterocycles. The van der Waals surface area contributed by atoms with Crippen LogP contribution in [0.2, 0.25) is 0 Å². The Labute approximate surface area is 175 Å². The Morgan fingerprint density at radius 1 is 1.10 bits per heavy atom. The number of alkyl halides is 3. The van der Waals surface area contributed by atoms with Crippen LogP contribution in [0.4, 0.5) is 13.2 Å². The van der Waals surface area contributed by atoms with Crippen molar-refractivity contribution in [1.29, 1.82) is 0 Å². The average molecular weight is 442 g/mol. The van der Waals surface area contributed by atoms with Gasteiger partial charge in [0.1, 0.15) is 30.1 Å². The molecule has 168 valence electrons. The summed E-state index contributed by atoms with van der Waals surface area (Å²) in [6, 6.07) is 6.72. The van der Waals surface area contributed by atoms with Crippen molar-refractivity contribution >= 4 is 0 Å². The first kappa shape index (κ1) is 23.1. The summed E-state index contributed by atoms with van der Waals surface area (Å²) >= 11 is 0. The second-order valence-corrected chi connectivity index (χ2v) is 7.04. The highest BCUT2D eigenvalue weighted by Gasteiger charge is 2.46. The Hall–Kier alpha value is -2.62. The van der Waals surface area contributed by atoms with Gasteiger partial charge in [0.2, 0.25) is 12.2 Å². The molecule has 1 aliphatic rings. The number of benzene rings is 1. The third-order valence-corrected chi connectivity index (χ3v) is 4.97. The number of hydrogen-bond acceptors (Lipinski definition) is 7. The summed E-state index contributed by atoms with van der Waals surface area (Å²) in [5.74, 6) is 1.97. The first-order valence-electron chi connectivity index (χ1n) is 9.32. The van der Waals surface area contributed by atoms with Gasteiger partial charge in [-0.2, -0.15) is 13.2 Å². The summed E-state index contributed by atoms with van der Waals surface area (Å²) in [5, 5.41) is 44.4. The van der Waals surface area contributed by atoms with E-state index in [-0.39, 0.29) is 18.4 Å². The van der Waals surface area contributed by atoms with Gasteiger partial charge in [0.05, 0.1) is 6.61 Å². The lowest BCUT2D eigenvalue weighted by Crippen LogP contribution is -2.60. The summed E-state index contributed by atoms with van der Waals surface area (Å²) in [5.41, 5.74) is -0.0559. The summed E-state index contributed by atoms with van der Waals surface area (Å²) in [7, 11) is 0. The second-order valence-electron chi connectivity index (χ2n) is 7.04. The number of aliphatic hydroxyl groups excluding tert-OH is 4.